The molecular weight excluding hydrogens is 266 g/mol. The summed E-state index contributed by atoms with van der Waals surface area (Å²) < 4.78 is 0. The van der Waals surface area contributed by atoms with Gasteiger partial charge in [-0.05, 0) is 43.9 Å². The minimum Gasteiger partial charge on any atom is -0.384 e. The molecule has 5 nitrogen and oxygen atoms in total. The van der Waals surface area contributed by atoms with Crippen LogP contribution in [0.1, 0.15) is 48.5 Å². The summed E-state index contributed by atoms with van der Waals surface area (Å²) in [6.07, 6.45) is 2.81. The number of carbonyl (C=O) groups excluding carboxylic acids is 2. The van der Waals surface area contributed by atoms with Crippen molar-refractivity contribution in [3.8, 4) is 0 Å². The van der Waals surface area contributed by atoms with Crippen LogP contribution >= 0.6 is 0 Å². The van der Waals surface area contributed by atoms with Crippen molar-refractivity contribution >= 4 is 17.5 Å². The van der Waals surface area contributed by atoms with E-state index in [1.54, 1.807) is 0 Å². The Morgan fingerprint density at radius 2 is 1.95 bits per heavy atom. The maximum Gasteiger partial charge on any atom is 0.253 e. The summed E-state index contributed by atoms with van der Waals surface area (Å²) in [5.41, 5.74) is 7.71. The van der Waals surface area contributed by atoms with Crippen LogP contribution in [0.2, 0.25) is 0 Å². The third-order valence-corrected chi connectivity index (χ3v) is 3.12. The molecule has 0 heterocycles. The van der Waals surface area contributed by atoms with E-state index in [0.717, 1.165) is 30.6 Å². The quantitative estimate of drug-likeness (QED) is 0.610. The molecule has 0 spiro atoms. The predicted octanol–water partition coefficient (Wildman–Crippen LogP) is 2.20. The molecule has 0 atom stereocenters. The normalized spacial score (nSPS) is 10.2. The number of aryl methyl sites for hydroxylation is 1. The van der Waals surface area contributed by atoms with Crippen LogP contribution in [0.4, 0.5) is 5.69 Å². The van der Waals surface area contributed by atoms with E-state index >= 15 is 0 Å². The first-order valence-corrected chi connectivity index (χ1v) is 7.45. The Hall–Kier alpha value is -2.04. The van der Waals surface area contributed by atoms with Crippen molar-refractivity contribution in [2.75, 3.05) is 18.4 Å². The lowest BCUT2D eigenvalue weighted by Crippen LogP contribution is -2.25. The van der Waals surface area contributed by atoms with E-state index in [0.29, 0.717) is 24.9 Å². The molecular formula is C16H25N3O2. The fourth-order valence-corrected chi connectivity index (χ4v) is 1.98. The molecule has 2 amide bonds. The zero-order chi connectivity index (χ0) is 15.7. The van der Waals surface area contributed by atoms with Crippen LogP contribution in [0.5, 0.6) is 0 Å². The van der Waals surface area contributed by atoms with E-state index in [-0.39, 0.29) is 11.8 Å². The summed E-state index contributed by atoms with van der Waals surface area (Å²) in [5, 5.41) is 6.16. The van der Waals surface area contributed by atoms with Gasteiger partial charge in [-0.25, -0.2) is 0 Å². The molecule has 1 aromatic rings. The van der Waals surface area contributed by atoms with Crippen molar-refractivity contribution in [2.24, 2.45) is 5.73 Å². The first kappa shape index (κ1) is 17.0. The number of hydrogen-bond donors (Lipinski definition) is 3. The number of rotatable bonds is 9. The average molecular weight is 291 g/mol. The van der Waals surface area contributed by atoms with E-state index in [1.807, 2.05) is 25.1 Å². The summed E-state index contributed by atoms with van der Waals surface area (Å²) >= 11 is 0. The lowest BCUT2D eigenvalue weighted by molar-refractivity contribution is -0.118. The minimum absolute atomic E-state index is 0.0901. The third-order valence-electron chi connectivity index (χ3n) is 3.12. The van der Waals surface area contributed by atoms with Crippen molar-refractivity contribution < 1.29 is 9.59 Å². The second-order valence-electron chi connectivity index (χ2n) is 5.16. The van der Waals surface area contributed by atoms with Gasteiger partial charge in [-0.2, -0.15) is 0 Å². The van der Waals surface area contributed by atoms with Gasteiger partial charge < -0.3 is 16.4 Å². The molecule has 21 heavy (non-hydrogen) atoms. The lowest BCUT2D eigenvalue weighted by Gasteiger charge is -2.12. The molecule has 5 heteroatoms. The molecule has 116 valence electrons. The Balaban J connectivity index is 2.54. The molecule has 1 rings (SSSR count). The maximum atomic E-state index is 12.2. The number of amides is 2. The molecule has 0 saturated heterocycles. The van der Waals surface area contributed by atoms with Gasteiger partial charge in [0.15, 0.2) is 0 Å². The van der Waals surface area contributed by atoms with Gasteiger partial charge in [0.1, 0.15) is 0 Å². The predicted molar refractivity (Wildman–Crippen MR) is 85.3 cm³/mol. The number of nitrogens with two attached hydrogens (primary N) is 1. The van der Waals surface area contributed by atoms with Crippen molar-refractivity contribution in [3.05, 3.63) is 29.3 Å². The van der Waals surface area contributed by atoms with Gasteiger partial charge >= 0.3 is 0 Å². The lowest BCUT2D eigenvalue weighted by atomic mass is 10.1. The van der Waals surface area contributed by atoms with Crippen LogP contribution in [-0.2, 0) is 4.79 Å². The highest BCUT2D eigenvalue weighted by molar-refractivity contribution is 5.99. The maximum absolute atomic E-state index is 12.2. The van der Waals surface area contributed by atoms with Crippen LogP contribution in [-0.4, -0.2) is 24.9 Å². The molecule has 0 aliphatic heterocycles. The number of hydrogen-bond acceptors (Lipinski definition) is 3. The van der Waals surface area contributed by atoms with Crippen LogP contribution in [0.3, 0.4) is 0 Å². The van der Waals surface area contributed by atoms with Crippen molar-refractivity contribution in [1.82, 2.24) is 5.32 Å². The fourth-order valence-electron chi connectivity index (χ4n) is 1.98. The first-order chi connectivity index (χ1) is 10.0. The number of benzene rings is 1. The molecule has 0 aliphatic carbocycles. The number of nitrogens with one attached hydrogen (secondary N) is 2. The summed E-state index contributed by atoms with van der Waals surface area (Å²) in [6, 6.07) is 5.75. The molecule has 0 saturated carbocycles. The van der Waals surface area contributed by atoms with Crippen LogP contribution in [0, 0.1) is 6.92 Å². The highest BCUT2D eigenvalue weighted by Gasteiger charge is 2.10. The Kier molecular flexibility index (Phi) is 7.29. The van der Waals surface area contributed by atoms with Gasteiger partial charge in [0.25, 0.3) is 5.91 Å². The zero-order valence-electron chi connectivity index (χ0n) is 12.9. The summed E-state index contributed by atoms with van der Waals surface area (Å²) in [4.78, 5) is 22.8. The van der Waals surface area contributed by atoms with E-state index in [1.165, 1.54) is 0 Å². The smallest absolute Gasteiger partial charge is 0.253 e. The Labute approximate surface area is 126 Å². The second kappa shape index (κ2) is 9.00. The van der Waals surface area contributed by atoms with Crippen molar-refractivity contribution in [1.29, 1.82) is 0 Å². The Bertz CT molecular complexity index is 486. The molecule has 0 aliphatic rings. The van der Waals surface area contributed by atoms with Crippen LogP contribution < -0.4 is 16.4 Å². The molecule has 0 bridgehead atoms. The topological polar surface area (TPSA) is 84.2 Å². The number of primary amides is 1. The molecule has 0 fully saturated rings. The largest absolute Gasteiger partial charge is 0.384 e. The number of anilines is 1. The van der Waals surface area contributed by atoms with Crippen LogP contribution in [0.15, 0.2) is 18.2 Å². The van der Waals surface area contributed by atoms with Crippen LogP contribution in [0.25, 0.3) is 0 Å². The Morgan fingerprint density at radius 1 is 1.19 bits per heavy atom. The highest BCUT2D eigenvalue weighted by Crippen LogP contribution is 2.17. The van der Waals surface area contributed by atoms with E-state index in [4.69, 9.17) is 5.73 Å². The molecule has 0 unspecified atom stereocenters. The van der Waals surface area contributed by atoms with Gasteiger partial charge in [0.2, 0.25) is 5.91 Å². The van der Waals surface area contributed by atoms with Gasteiger partial charge in [0.05, 0.1) is 5.56 Å². The molecule has 4 N–H and O–H groups in total. The summed E-state index contributed by atoms with van der Waals surface area (Å²) in [5.74, 6) is -0.390. The fraction of sp³-hybridized carbons (Fsp3) is 0.500. The summed E-state index contributed by atoms with van der Waals surface area (Å²) in [7, 11) is 0. The zero-order valence-corrected chi connectivity index (χ0v) is 12.9. The van der Waals surface area contributed by atoms with E-state index in [9.17, 15) is 9.59 Å². The second-order valence-corrected chi connectivity index (χ2v) is 5.16. The highest BCUT2D eigenvalue weighted by atomic mass is 16.2. The molecule has 1 aromatic carbocycles. The van der Waals surface area contributed by atoms with Gasteiger partial charge in [-0.3, -0.25) is 9.59 Å². The molecule has 0 radical (unpaired) electrons. The average Bonchev–Trinajstić information content (AvgIpc) is 2.44. The van der Waals surface area contributed by atoms with Gasteiger partial charge in [0, 0.05) is 25.2 Å². The summed E-state index contributed by atoms with van der Waals surface area (Å²) in [6.45, 7) is 5.47. The number of carbonyl (C=O) groups is 2. The minimum atomic E-state index is -0.300. The molecule has 0 aromatic heterocycles. The number of unbranched alkanes of at least 4 members (excludes halogenated alkanes) is 1. The third kappa shape index (κ3) is 6.29. The van der Waals surface area contributed by atoms with E-state index in [2.05, 4.69) is 17.6 Å². The van der Waals surface area contributed by atoms with Gasteiger partial charge in [-0.1, -0.05) is 13.0 Å². The monoisotopic (exact) mass is 291 g/mol. The van der Waals surface area contributed by atoms with Gasteiger partial charge in [-0.15, -0.1) is 0 Å². The standard InChI is InChI=1S/C16H25N3O2/c1-3-9-18-14-11-12(2)7-8-13(14)16(21)19-10-5-4-6-15(17)20/h7-8,11,18H,3-6,9-10H2,1-2H3,(H2,17,20)(H,19,21). The van der Waals surface area contributed by atoms with Crippen molar-refractivity contribution in [3.63, 3.8) is 0 Å². The first-order valence-electron chi connectivity index (χ1n) is 7.45. The van der Waals surface area contributed by atoms with E-state index < -0.39 is 0 Å². The van der Waals surface area contributed by atoms with Crippen molar-refractivity contribution in [2.45, 2.75) is 39.5 Å². The Morgan fingerprint density at radius 3 is 2.62 bits per heavy atom. The SMILES string of the molecule is CCCNc1cc(C)ccc1C(=O)NCCCCC(N)=O.